The molecule has 4 aliphatic carbocycles. The van der Waals surface area contributed by atoms with Gasteiger partial charge in [-0.25, -0.2) is 0 Å². The second kappa shape index (κ2) is 5.06. The molecule has 0 spiro atoms. The van der Waals surface area contributed by atoms with Gasteiger partial charge in [0.25, 0.3) is 0 Å². The fraction of sp³-hybridized carbons (Fsp3) is 0.950. The Kier molecular flexibility index (Phi) is 3.49. The van der Waals surface area contributed by atoms with Gasteiger partial charge in [0.05, 0.1) is 6.10 Å². The molecule has 22 heavy (non-hydrogen) atoms. The van der Waals surface area contributed by atoms with Crippen molar-refractivity contribution < 1.29 is 9.53 Å². The number of carbonyl (C=O) groups excluding carboxylic acids is 1. The Morgan fingerprint density at radius 3 is 2.64 bits per heavy atom. The second-order valence-electron chi connectivity index (χ2n) is 9.36. The van der Waals surface area contributed by atoms with Crippen LogP contribution in [0, 0.1) is 34.5 Å². The van der Waals surface area contributed by atoms with Crippen molar-refractivity contribution in [3.05, 3.63) is 0 Å². The van der Waals surface area contributed by atoms with Crippen molar-refractivity contribution in [3.8, 4) is 0 Å². The summed E-state index contributed by atoms with van der Waals surface area (Å²) in [6, 6.07) is 0. The zero-order valence-corrected chi connectivity index (χ0v) is 14.6. The van der Waals surface area contributed by atoms with Gasteiger partial charge in [0.1, 0.15) is 5.78 Å². The Labute approximate surface area is 135 Å². The topological polar surface area (TPSA) is 26.3 Å². The van der Waals surface area contributed by atoms with Gasteiger partial charge in [0.15, 0.2) is 0 Å². The highest BCUT2D eigenvalue weighted by Gasteiger charge is 2.61. The van der Waals surface area contributed by atoms with Crippen molar-refractivity contribution in [2.75, 3.05) is 7.11 Å². The number of carbonyl (C=O) groups is 1. The maximum atomic E-state index is 13.2. The molecule has 2 nitrogen and oxygen atoms in total. The molecule has 0 N–H and O–H groups in total. The zero-order valence-electron chi connectivity index (χ0n) is 14.6. The van der Waals surface area contributed by atoms with Crippen molar-refractivity contribution in [3.63, 3.8) is 0 Å². The van der Waals surface area contributed by atoms with E-state index in [-0.39, 0.29) is 5.41 Å². The second-order valence-corrected chi connectivity index (χ2v) is 9.36. The first-order chi connectivity index (χ1) is 10.5. The van der Waals surface area contributed by atoms with Gasteiger partial charge in [-0.05, 0) is 73.5 Å². The van der Waals surface area contributed by atoms with Crippen LogP contribution in [0.15, 0.2) is 0 Å². The lowest BCUT2D eigenvalue weighted by atomic mass is 9.45. The van der Waals surface area contributed by atoms with Crippen molar-refractivity contribution in [1.82, 2.24) is 0 Å². The maximum absolute atomic E-state index is 13.2. The fourth-order valence-corrected chi connectivity index (χ4v) is 7.34. The Bertz CT molecular complexity index is 472. The first-order valence-corrected chi connectivity index (χ1v) is 9.53. The van der Waals surface area contributed by atoms with Crippen LogP contribution in [-0.2, 0) is 9.53 Å². The lowest BCUT2D eigenvalue weighted by Crippen LogP contribution is -2.57. The largest absolute Gasteiger partial charge is 0.381 e. The average Bonchev–Trinajstić information content (AvgIpc) is 2.86. The molecule has 0 aromatic heterocycles. The summed E-state index contributed by atoms with van der Waals surface area (Å²) in [4.78, 5) is 13.2. The van der Waals surface area contributed by atoms with E-state index in [4.69, 9.17) is 4.74 Å². The van der Waals surface area contributed by atoms with Crippen molar-refractivity contribution in [2.45, 2.75) is 77.7 Å². The molecule has 0 aromatic carbocycles. The number of fused-ring (bicyclic) bond motifs is 5. The number of rotatable bonds is 1. The number of ether oxygens (including phenoxy) is 1. The standard InChI is InChI=1S/C20H32O2/c1-19-10-4-5-16(19)15-9-7-13-6-8-14(22-3)11-20(13,2)18(15)17(21)12-19/h13-16,18H,4-12H2,1-3H3. The quantitative estimate of drug-likeness (QED) is 0.707. The third-order valence-corrected chi connectivity index (χ3v) is 8.36. The minimum absolute atomic E-state index is 0.211. The Morgan fingerprint density at radius 1 is 1.09 bits per heavy atom. The van der Waals surface area contributed by atoms with Crippen LogP contribution in [0.2, 0.25) is 0 Å². The van der Waals surface area contributed by atoms with Gasteiger partial charge < -0.3 is 4.74 Å². The van der Waals surface area contributed by atoms with Crippen LogP contribution in [-0.4, -0.2) is 19.0 Å². The van der Waals surface area contributed by atoms with Gasteiger partial charge >= 0.3 is 0 Å². The molecule has 124 valence electrons. The van der Waals surface area contributed by atoms with Gasteiger partial charge in [0.2, 0.25) is 0 Å². The summed E-state index contributed by atoms with van der Waals surface area (Å²) in [6.45, 7) is 4.85. The van der Waals surface area contributed by atoms with Crippen molar-refractivity contribution in [1.29, 1.82) is 0 Å². The number of hydrogen-bond donors (Lipinski definition) is 0. The van der Waals surface area contributed by atoms with E-state index in [0.717, 1.165) is 24.7 Å². The van der Waals surface area contributed by atoms with Crippen LogP contribution in [0.25, 0.3) is 0 Å². The molecule has 0 bridgehead atoms. The minimum Gasteiger partial charge on any atom is -0.381 e. The SMILES string of the molecule is COC1CCC2CCC3C4CCCC4(C)CC(=O)C3C2(C)C1. The van der Waals surface area contributed by atoms with Crippen molar-refractivity contribution >= 4 is 5.78 Å². The lowest BCUT2D eigenvalue weighted by Gasteiger charge is -2.59. The van der Waals surface area contributed by atoms with Crippen LogP contribution in [0.5, 0.6) is 0 Å². The molecule has 4 rings (SSSR count). The van der Waals surface area contributed by atoms with E-state index in [1.807, 2.05) is 7.11 Å². The van der Waals surface area contributed by atoms with E-state index in [0.29, 0.717) is 29.1 Å². The summed E-state index contributed by atoms with van der Waals surface area (Å²) >= 11 is 0. The van der Waals surface area contributed by atoms with Gasteiger partial charge in [-0.2, -0.15) is 0 Å². The third-order valence-electron chi connectivity index (χ3n) is 8.36. The van der Waals surface area contributed by atoms with E-state index in [1.165, 1.54) is 44.9 Å². The summed E-state index contributed by atoms with van der Waals surface area (Å²) < 4.78 is 5.72. The molecule has 0 saturated heterocycles. The molecule has 0 amide bonds. The van der Waals surface area contributed by atoms with Crippen LogP contribution >= 0.6 is 0 Å². The van der Waals surface area contributed by atoms with Gasteiger partial charge in [-0.3, -0.25) is 4.79 Å². The van der Waals surface area contributed by atoms with E-state index >= 15 is 0 Å². The molecule has 4 fully saturated rings. The predicted octanol–water partition coefficient (Wildman–Crippen LogP) is 4.61. The molecule has 4 saturated carbocycles. The molecular weight excluding hydrogens is 272 g/mol. The highest BCUT2D eigenvalue weighted by Crippen LogP contribution is 2.65. The fourth-order valence-electron chi connectivity index (χ4n) is 7.34. The van der Waals surface area contributed by atoms with Gasteiger partial charge in [-0.15, -0.1) is 0 Å². The third kappa shape index (κ3) is 1.98. The first kappa shape index (κ1) is 15.2. The van der Waals surface area contributed by atoms with Crippen LogP contribution < -0.4 is 0 Å². The highest BCUT2D eigenvalue weighted by molar-refractivity contribution is 5.84. The Balaban J connectivity index is 1.68. The zero-order chi connectivity index (χ0) is 15.5. The maximum Gasteiger partial charge on any atom is 0.137 e. The number of hydrogen-bond acceptors (Lipinski definition) is 2. The molecule has 4 aliphatic rings. The molecule has 0 radical (unpaired) electrons. The number of methoxy groups -OCH3 is 1. The lowest BCUT2D eigenvalue weighted by molar-refractivity contribution is -0.161. The summed E-state index contributed by atoms with van der Waals surface area (Å²) in [5.41, 5.74) is 0.541. The van der Waals surface area contributed by atoms with E-state index in [9.17, 15) is 4.79 Å². The molecule has 7 unspecified atom stereocenters. The van der Waals surface area contributed by atoms with E-state index in [2.05, 4.69) is 13.8 Å². The number of Topliss-reactive ketones (excluding diaryl/α,β-unsaturated/α-hetero) is 1. The monoisotopic (exact) mass is 304 g/mol. The normalized spacial score (nSPS) is 54.5. The van der Waals surface area contributed by atoms with E-state index in [1.54, 1.807) is 0 Å². The number of ketones is 1. The first-order valence-electron chi connectivity index (χ1n) is 9.53. The predicted molar refractivity (Wildman–Crippen MR) is 87.5 cm³/mol. The smallest absolute Gasteiger partial charge is 0.137 e. The van der Waals surface area contributed by atoms with Crippen LogP contribution in [0.1, 0.15) is 71.6 Å². The van der Waals surface area contributed by atoms with Crippen LogP contribution in [0.4, 0.5) is 0 Å². The molecular formula is C20H32O2. The molecule has 0 heterocycles. The summed E-state index contributed by atoms with van der Waals surface area (Å²) in [5.74, 6) is 3.19. The molecule has 0 aliphatic heterocycles. The minimum atomic E-state index is 0.211. The summed E-state index contributed by atoms with van der Waals surface area (Å²) in [6.07, 6.45) is 11.5. The van der Waals surface area contributed by atoms with Crippen LogP contribution in [0.3, 0.4) is 0 Å². The molecule has 7 atom stereocenters. The Morgan fingerprint density at radius 2 is 1.86 bits per heavy atom. The van der Waals surface area contributed by atoms with Gasteiger partial charge in [0, 0.05) is 19.4 Å². The summed E-state index contributed by atoms with van der Waals surface area (Å²) in [7, 11) is 1.85. The van der Waals surface area contributed by atoms with Gasteiger partial charge in [-0.1, -0.05) is 20.3 Å². The highest BCUT2D eigenvalue weighted by atomic mass is 16.5. The van der Waals surface area contributed by atoms with E-state index < -0.39 is 0 Å². The summed E-state index contributed by atoms with van der Waals surface area (Å²) in [5, 5.41) is 0. The molecule has 0 aromatic rings. The van der Waals surface area contributed by atoms with Crippen molar-refractivity contribution in [2.24, 2.45) is 34.5 Å². The molecule has 2 heteroatoms. The average molecular weight is 304 g/mol. The Hall–Kier alpha value is -0.370.